The van der Waals surface area contributed by atoms with Gasteiger partial charge < -0.3 is 24.6 Å². The third-order valence-electron chi connectivity index (χ3n) is 10.2. The summed E-state index contributed by atoms with van der Waals surface area (Å²) in [7, 11) is -9.81. The molecule has 5 aromatic carbocycles. The molecule has 0 spiro atoms. The fourth-order valence-electron chi connectivity index (χ4n) is 7.12. The van der Waals surface area contributed by atoms with Crippen molar-refractivity contribution in [3.8, 4) is 33.9 Å². The number of benzene rings is 6. The van der Waals surface area contributed by atoms with Crippen LogP contribution in [-0.4, -0.2) is 73.4 Å². The molecule has 1 aliphatic carbocycles. The number of aromatic carboxylic acids is 1. The second-order valence-electron chi connectivity index (χ2n) is 13.8. The van der Waals surface area contributed by atoms with Gasteiger partial charge in [-0.25, -0.2) is 9.37 Å². The first-order chi connectivity index (χ1) is 29.4. The normalized spacial score (nSPS) is 11.7. The van der Waals surface area contributed by atoms with Gasteiger partial charge in [0.25, 0.3) is 20.2 Å². The van der Waals surface area contributed by atoms with Crippen LogP contribution >= 0.6 is 11.6 Å². The van der Waals surface area contributed by atoms with Gasteiger partial charge in [-0.05, 0) is 99.3 Å². The molecule has 1 heterocycles. The van der Waals surface area contributed by atoms with E-state index in [9.17, 15) is 46.1 Å². The minimum atomic E-state index is -5.01. The summed E-state index contributed by atoms with van der Waals surface area (Å²) in [6.07, 6.45) is 0. The van der Waals surface area contributed by atoms with E-state index < -0.39 is 47.4 Å². The summed E-state index contributed by atoms with van der Waals surface area (Å²) < 4.78 is 74.1. The zero-order valence-electron chi connectivity index (χ0n) is 34.2. The van der Waals surface area contributed by atoms with Gasteiger partial charge in [0, 0.05) is 75.2 Å². The molecule has 0 fully saturated rings. The van der Waals surface area contributed by atoms with Crippen molar-refractivity contribution < 1.29 is 67.8 Å². The van der Waals surface area contributed by atoms with Gasteiger partial charge in [-0.1, -0.05) is 35.9 Å². The third-order valence-corrected chi connectivity index (χ3v) is 12.1. The number of anilines is 1. The Morgan fingerprint density at radius 3 is 2.08 bits per heavy atom. The minimum Gasteiger partial charge on any atom is -0.506 e. The monoisotopic (exact) mass is 953 g/mol. The number of phenolic OH excluding ortho intramolecular Hbond substituents is 2. The smallest absolute Gasteiger partial charge is 0.336 e. The molecule has 5 N–H and O–H groups in total. The van der Waals surface area contributed by atoms with Gasteiger partial charge in [-0.15, -0.1) is 10.2 Å². The van der Waals surface area contributed by atoms with Crippen LogP contribution in [0.1, 0.15) is 38.1 Å². The van der Waals surface area contributed by atoms with Gasteiger partial charge in [0.1, 0.15) is 52.2 Å². The van der Waals surface area contributed by atoms with Crippen molar-refractivity contribution in [3.63, 3.8) is 0 Å². The average molecular weight is 954 g/mol. The van der Waals surface area contributed by atoms with Crippen LogP contribution in [0.3, 0.4) is 0 Å². The Hall–Kier alpha value is -5.84. The number of azo groups is 1. The van der Waals surface area contributed by atoms with Crippen LogP contribution in [0.2, 0.25) is 5.02 Å². The largest absolute Gasteiger partial charge is 0.506 e. The maximum Gasteiger partial charge on any atom is 0.336 e. The molecule has 0 amide bonds. The van der Waals surface area contributed by atoms with Crippen LogP contribution in [0.15, 0.2) is 128 Å². The zero-order valence-corrected chi connectivity index (χ0v) is 37.9. The quantitative estimate of drug-likeness (QED) is 0.0353. The summed E-state index contributed by atoms with van der Waals surface area (Å²) in [5, 5.41) is 39.1. The van der Waals surface area contributed by atoms with Crippen molar-refractivity contribution >= 4 is 76.6 Å². The first-order valence-corrected chi connectivity index (χ1v) is 22.5. The summed E-state index contributed by atoms with van der Waals surface area (Å²) in [6.45, 7) is 12.1. The second kappa shape index (κ2) is 19.7. The number of nitrogens with zero attached hydrogens (tertiary/aromatic N) is 4. The molecule has 0 saturated heterocycles. The van der Waals surface area contributed by atoms with E-state index in [4.69, 9.17) is 16.0 Å². The second-order valence-corrected chi connectivity index (χ2v) is 17.0. The molecule has 19 heteroatoms. The van der Waals surface area contributed by atoms with Crippen molar-refractivity contribution in [1.82, 2.24) is 4.58 Å². The predicted octanol–water partition coefficient (Wildman–Crippen LogP) is 9.37. The molecule has 5 aromatic rings. The summed E-state index contributed by atoms with van der Waals surface area (Å²) in [4.78, 5) is 12.6. The van der Waals surface area contributed by atoms with Crippen LogP contribution in [0.5, 0.6) is 11.5 Å². The Kier molecular flexibility index (Phi) is 15.1. The molecule has 0 bridgehead atoms. The molecule has 0 radical (unpaired) electrons. The predicted molar refractivity (Wildman–Crippen MR) is 238 cm³/mol. The van der Waals surface area contributed by atoms with Crippen LogP contribution in [-0.2, 0) is 37.6 Å². The fraction of sp³-hybridized carbons (Fsp3) is 0.182. The van der Waals surface area contributed by atoms with E-state index in [1.54, 1.807) is 12.1 Å². The third kappa shape index (κ3) is 10.4. The molecule has 328 valence electrons. The number of aromatic hydroxyl groups is 2. The molecule has 1 aliphatic heterocycles. The van der Waals surface area contributed by atoms with Crippen molar-refractivity contribution in [2.24, 2.45) is 10.2 Å². The number of carboxylic acid groups (broad SMARTS) is 1. The van der Waals surface area contributed by atoms with E-state index in [1.165, 1.54) is 18.2 Å². The standard InChI is InChI=1S/C28H30N2O3.C16H11ClN2O8S2.Cr/c1-5-29(6-2)19-13-15-23-25(17-19)33-26-18-20(30(7-3)8-4)14-16-24(26)27(23)21-11-9-10-12-22(21)28(31)32;17-9-2-4-12(20)11(6-9)18-19-16-13(21)3-1-8-5-10(28(22,23)24)7-14(15(8)16)29(25,26)27;/h9-18H,5-8H2,1-4H3;1-7,20-21H,(H,22,23,24)(H,25,26,27);/p+1. The SMILES string of the molecule is CCN(CC)c1ccc2c(-c3ccccc3C(=O)O)c3ccc(=[N+](CC)CC)cc-3oc2c1.O=S(=O)(O)c1cc(S(=O)(=O)O)c2c(N=Nc3cc(Cl)ccc3O)c(O)ccc2c1.[Cr]. The zero-order chi connectivity index (χ0) is 45.1. The average Bonchev–Trinajstić information content (AvgIpc) is 3.23. The Morgan fingerprint density at radius 2 is 1.44 bits per heavy atom. The molecule has 0 atom stereocenters. The number of phenols is 2. The first kappa shape index (κ1) is 48.2. The number of halogens is 1. The maximum atomic E-state index is 12.1. The van der Waals surface area contributed by atoms with Gasteiger partial charge in [0.15, 0.2) is 0 Å². The van der Waals surface area contributed by atoms with Crippen LogP contribution in [0, 0.1) is 0 Å². The van der Waals surface area contributed by atoms with Crippen molar-refractivity contribution in [2.75, 3.05) is 31.1 Å². The Labute approximate surface area is 378 Å². The number of carboxylic acids is 1. The number of rotatable bonds is 11. The van der Waals surface area contributed by atoms with Crippen LogP contribution in [0.4, 0.5) is 17.1 Å². The molecule has 0 unspecified atom stereocenters. The number of hydrogen-bond acceptors (Lipinski definition) is 11. The van der Waals surface area contributed by atoms with Crippen molar-refractivity contribution in [1.29, 1.82) is 0 Å². The van der Waals surface area contributed by atoms with Gasteiger partial charge >= 0.3 is 5.97 Å². The van der Waals surface area contributed by atoms with Gasteiger partial charge in [-0.3, -0.25) is 9.11 Å². The van der Waals surface area contributed by atoms with Crippen LogP contribution < -0.4 is 14.8 Å². The van der Waals surface area contributed by atoms with E-state index in [0.717, 1.165) is 83.3 Å². The van der Waals surface area contributed by atoms with E-state index in [0.29, 0.717) is 11.6 Å². The maximum absolute atomic E-state index is 12.1. The molecule has 0 saturated carbocycles. The van der Waals surface area contributed by atoms with Crippen molar-refractivity contribution in [3.05, 3.63) is 119 Å². The Morgan fingerprint density at radius 1 is 0.762 bits per heavy atom. The molecular formula is C44H42ClCrN4O11S2+. The van der Waals surface area contributed by atoms with E-state index in [-0.39, 0.29) is 50.2 Å². The van der Waals surface area contributed by atoms with Gasteiger partial charge in [0.05, 0.1) is 16.5 Å². The Bertz CT molecular complexity index is 3170. The van der Waals surface area contributed by atoms with Crippen molar-refractivity contribution in [2.45, 2.75) is 37.5 Å². The summed E-state index contributed by atoms with van der Waals surface area (Å²) >= 11 is 5.82. The molecule has 2 aliphatic rings. The molecule has 7 rings (SSSR count). The molecule has 0 aromatic heterocycles. The molecule has 15 nitrogen and oxygen atoms in total. The number of fused-ring (bicyclic) bond motifs is 3. The summed E-state index contributed by atoms with van der Waals surface area (Å²) in [5.41, 5.74) is 4.08. The molecular weight excluding hydrogens is 912 g/mol. The number of carbonyl (C=O) groups is 1. The topological polar surface area (TPSA) is 231 Å². The van der Waals surface area contributed by atoms with E-state index in [2.05, 4.69) is 83.8 Å². The minimum absolute atomic E-state index is 0. The fourth-order valence-corrected chi connectivity index (χ4v) is 8.65. The summed E-state index contributed by atoms with van der Waals surface area (Å²) in [5.74, 6) is -1.04. The first-order valence-electron chi connectivity index (χ1n) is 19.2. The van der Waals surface area contributed by atoms with Crippen LogP contribution in [0.25, 0.3) is 44.2 Å². The molecule has 63 heavy (non-hydrogen) atoms. The van der Waals surface area contributed by atoms with Gasteiger partial charge in [-0.2, -0.15) is 16.8 Å². The van der Waals surface area contributed by atoms with E-state index >= 15 is 0 Å². The Balaban J connectivity index is 0.000000236. The summed E-state index contributed by atoms with van der Waals surface area (Å²) in [6, 6.07) is 27.2. The van der Waals surface area contributed by atoms with Gasteiger partial charge in [0.2, 0.25) is 5.36 Å². The number of hydrogen-bond donors (Lipinski definition) is 5. The van der Waals surface area contributed by atoms with E-state index in [1.807, 2.05) is 12.1 Å².